The number of ether oxygens (including phenoxy) is 1. The number of nitrogens with one attached hydrogen (secondary N) is 1. The zero-order valence-corrected chi connectivity index (χ0v) is 17.2. The van der Waals surface area contributed by atoms with Gasteiger partial charge in [-0.05, 0) is 36.5 Å². The van der Waals surface area contributed by atoms with Gasteiger partial charge in [0, 0.05) is 13.6 Å². The average Bonchev–Trinajstić information content (AvgIpc) is 2.93. The Morgan fingerprint density at radius 1 is 1.33 bits per heavy atom. The highest BCUT2D eigenvalue weighted by molar-refractivity contribution is 6.09. The van der Waals surface area contributed by atoms with Gasteiger partial charge in [-0.1, -0.05) is 31.9 Å². The second-order valence-electron chi connectivity index (χ2n) is 7.98. The molecule has 2 fully saturated rings. The smallest absolute Gasteiger partial charge is 0.326 e. The molecule has 30 heavy (non-hydrogen) atoms. The number of rotatable bonds is 6. The number of hydrogen-bond donors (Lipinski definition) is 1. The van der Waals surface area contributed by atoms with Crippen molar-refractivity contribution in [2.75, 3.05) is 20.2 Å². The van der Waals surface area contributed by atoms with E-state index in [2.05, 4.69) is 5.32 Å². The molecular formula is C21H26FN3O5. The van der Waals surface area contributed by atoms with Crippen molar-refractivity contribution >= 4 is 23.8 Å². The van der Waals surface area contributed by atoms with E-state index in [1.54, 1.807) is 12.1 Å². The molecule has 1 N–H and O–H groups in total. The molecule has 1 aromatic rings. The van der Waals surface area contributed by atoms with Crippen molar-refractivity contribution in [1.82, 2.24) is 15.1 Å². The van der Waals surface area contributed by atoms with Crippen molar-refractivity contribution in [3.8, 4) is 0 Å². The first-order valence-corrected chi connectivity index (χ1v) is 10.0. The van der Waals surface area contributed by atoms with Gasteiger partial charge in [0.2, 0.25) is 0 Å². The number of urea groups is 1. The summed E-state index contributed by atoms with van der Waals surface area (Å²) >= 11 is 0. The molecule has 1 saturated carbocycles. The van der Waals surface area contributed by atoms with Crippen molar-refractivity contribution in [2.45, 2.75) is 44.7 Å². The first kappa shape index (κ1) is 21.7. The Balaban J connectivity index is 1.51. The SMILES string of the molecule is C[C@H]1CCCC[C@@]12NC(=O)N(CC(=O)OCC(=O)N(C)Cc1cccc(F)c1)C2=O. The van der Waals surface area contributed by atoms with Crippen LogP contribution in [0.2, 0.25) is 0 Å². The van der Waals surface area contributed by atoms with E-state index in [1.165, 1.54) is 24.1 Å². The van der Waals surface area contributed by atoms with Gasteiger partial charge in [-0.2, -0.15) is 0 Å². The molecule has 0 radical (unpaired) electrons. The van der Waals surface area contributed by atoms with Crippen molar-refractivity contribution in [3.05, 3.63) is 35.6 Å². The summed E-state index contributed by atoms with van der Waals surface area (Å²) in [4.78, 5) is 51.6. The van der Waals surface area contributed by atoms with Crippen LogP contribution in [0.1, 0.15) is 38.2 Å². The minimum absolute atomic E-state index is 0.0122. The fourth-order valence-electron chi connectivity index (χ4n) is 4.06. The van der Waals surface area contributed by atoms with E-state index in [4.69, 9.17) is 4.74 Å². The summed E-state index contributed by atoms with van der Waals surface area (Å²) in [6, 6.07) is 5.23. The van der Waals surface area contributed by atoms with Crippen molar-refractivity contribution < 1.29 is 28.3 Å². The summed E-state index contributed by atoms with van der Waals surface area (Å²) < 4.78 is 18.2. The number of likely N-dealkylation sites (N-methyl/N-ethyl adjacent to an activating group) is 1. The first-order valence-electron chi connectivity index (χ1n) is 10.0. The maximum absolute atomic E-state index is 13.2. The van der Waals surface area contributed by atoms with Crippen LogP contribution in [0.4, 0.5) is 9.18 Å². The van der Waals surface area contributed by atoms with Gasteiger partial charge in [0.05, 0.1) is 0 Å². The molecule has 8 nitrogen and oxygen atoms in total. The summed E-state index contributed by atoms with van der Waals surface area (Å²) in [5.41, 5.74) is -0.347. The van der Waals surface area contributed by atoms with E-state index in [-0.39, 0.29) is 12.5 Å². The summed E-state index contributed by atoms with van der Waals surface area (Å²) in [6.07, 6.45) is 3.21. The Bertz CT molecular complexity index is 861. The van der Waals surface area contributed by atoms with E-state index < -0.39 is 48.3 Å². The van der Waals surface area contributed by atoms with Gasteiger partial charge in [-0.25, -0.2) is 9.18 Å². The molecule has 0 aromatic heterocycles. The number of nitrogens with zero attached hydrogens (tertiary/aromatic N) is 2. The molecule has 2 atom stereocenters. The Kier molecular flexibility index (Phi) is 6.38. The van der Waals surface area contributed by atoms with Gasteiger partial charge in [-0.3, -0.25) is 19.3 Å². The molecule has 2 aliphatic rings. The minimum atomic E-state index is -0.948. The second kappa shape index (κ2) is 8.81. The van der Waals surface area contributed by atoms with Crippen LogP contribution in [0.3, 0.4) is 0 Å². The minimum Gasteiger partial charge on any atom is -0.454 e. The third-order valence-electron chi connectivity index (χ3n) is 5.88. The molecular weight excluding hydrogens is 393 g/mol. The van der Waals surface area contributed by atoms with Gasteiger partial charge < -0.3 is 15.0 Å². The Labute approximate surface area is 174 Å². The van der Waals surface area contributed by atoms with Crippen LogP contribution >= 0.6 is 0 Å². The van der Waals surface area contributed by atoms with E-state index in [1.807, 2.05) is 6.92 Å². The van der Waals surface area contributed by atoms with Gasteiger partial charge in [0.1, 0.15) is 17.9 Å². The fourth-order valence-corrected chi connectivity index (χ4v) is 4.06. The predicted molar refractivity (Wildman–Crippen MR) is 104 cm³/mol. The number of carbonyl (C=O) groups is 4. The highest BCUT2D eigenvalue weighted by atomic mass is 19.1. The van der Waals surface area contributed by atoms with Gasteiger partial charge >= 0.3 is 12.0 Å². The molecule has 9 heteroatoms. The molecule has 1 heterocycles. The van der Waals surface area contributed by atoms with E-state index in [0.29, 0.717) is 12.0 Å². The molecule has 0 bridgehead atoms. The standard InChI is InChI=1S/C21H26FN3O5/c1-14-6-3-4-9-21(14)19(28)25(20(29)23-21)12-18(27)30-13-17(26)24(2)11-15-7-5-8-16(22)10-15/h5,7-8,10,14H,3-4,6,9,11-13H2,1-2H3,(H,23,29)/t14-,21+/m0/s1. The fraction of sp³-hybridized carbons (Fsp3) is 0.524. The maximum Gasteiger partial charge on any atom is 0.326 e. The predicted octanol–water partition coefficient (Wildman–Crippen LogP) is 1.83. The molecule has 1 aliphatic heterocycles. The number of hydrogen-bond acceptors (Lipinski definition) is 5. The molecule has 162 valence electrons. The Morgan fingerprint density at radius 3 is 2.80 bits per heavy atom. The lowest BCUT2D eigenvalue weighted by Gasteiger charge is -2.36. The zero-order chi connectivity index (χ0) is 21.9. The van der Waals surface area contributed by atoms with E-state index >= 15 is 0 Å². The summed E-state index contributed by atoms with van der Waals surface area (Å²) in [5.74, 6) is -2.15. The monoisotopic (exact) mass is 419 g/mol. The molecule has 4 amide bonds. The van der Waals surface area contributed by atoms with E-state index in [0.717, 1.165) is 24.2 Å². The molecule has 3 rings (SSSR count). The Morgan fingerprint density at radius 2 is 2.10 bits per heavy atom. The highest BCUT2D eigenvalue weighted by Gasteiger charge is 2.55. The molecule has 1 saturated heterocycles. The van der Waals surface area contributed by atoms with Crippen molar-refractivity contribution in [1.29, 1.82) is 0 Å². The maximum atomic E-state index is 13.2. The largest absolute Gasteiger partial charge is 0.454 e. The molecule has 0 unspecified atom stereocenters. The first-order chi connectivity index (χ1) is 14.2. The summed E-state index contributed by atoms with van der Waals surface area (Å²) in [6.45, 7) is 1.00. The van der Waals surface area contributed by atoms with Crippen LogP contribution in [0.5, 0.6) is 0 Å². The average molecular weight is 419 g/mol. The Hall–Kier alpha value is -2.97. The number of carbonyl (C=O) groups excluding carboxylic acids is 4. The highest BCUT2D eigenvalue weighted by Crippen LogP contribution is 2.38. The molecule has 1 aromatic carbocycles. The normalized spacial score (nSPS) is 23.4. The quantitative estimate of drug-likeness (QED) is 0.561. The van der Waals surface area contributed by atoms with Crippen molar-refractivity contribution in [2.24, 2.45) is 5.92 Å². The number of benzene rings is 1. The van der Waals surface area contributed by atoms with Gasteiger partial charge in [-0.15, -0.1) is 0 Å². The van der Waals surface area contributed by atoms with Crippen LogP contribution < -0.4 is 5.32 Å². The summed E-state index contributed by atoms with van der Waals surface area (Å²) in [5, 5.41) is 2.76. The van der Waals surface area contributed by atoms with Crippen LogP contribution in [-0.2, 0) is 25.7 Å². The van der Waals surface area contributed by atoms with Gasteiger partial charge in [0.25, 0.3) is 11.8 Å². The lowest BCUT2D eigenvalue weighted by Crippen LogP contribution is -2.54. The lowest BCUT2D eigenvalue weighted by molar-refractivity contribution is -0.153. The topological polar surface area (TPSA) is 96.0 Å². The van der Waals surface area contributed by atoms with Crippen LogP contribution in [0.25, 0.3) is 0 Å². The molecule has 1 spiro atoms. The van der Waals surface area contributed by atoms with Crippen molar-refractivity contribution in [3.63, 3.8) is 0 Å². The third kappa shape index (κ3) is 4.44. The van der Waals surface area contributed by atoms with Crippen LogP contribution in [0.15, 0.2) is 24.3 Å². The second-order valence-corrected chi connectivity index (χ2v) is 7.98. The van der Waals surface area contributed by atoms with Crippen LogP contribution in [0, 0.1) is 11.7 Å². The van der Waals surface area contributed by atoms with Gasteiger partial charge in [0.15, 0.2) is 6.61 Å². The number of amides is 4. The number of halogens is 1. The number of esters is 1. The number of imide groups is 1. The summed E-state index contributed by atoms with van der Waals surface area (Å²) in [7, 11) is 1.51. The van der Waals surface area contributed by atoms with Crippen LogP contribution in [-0.4, -0.2) is 59.4 Å². The molecule has 1 aliphatic carbocycles. The van der Waals surface area contributed by atoms with E-state index in [9.17, 15) is 23.6 Å². The third-order valence-corrected chi connectivity index (χ3v) is 5.88. The lowest BCUT2D eigenvalue weighted by atomic mass is 9.73. The zero-order valence-electron chi connectivity index (χ0n) is 17.2.